The second-order valence-electron chi connectivity index (χ2n) is 5.51. The molecule has 3 aromatic rings. The van der Waals surface area contributed by atoms with Crippen LogP contribution in [0.1, 0.15) is 6.92 Å². The molecule has 0 amide bonds. The van der Waals surface area contributed by atoms with Crippen LogP contribution in [-0.4, -0.2) is 27.9 Å². The first-order valence-corrected chi connectivity index (χ1v) is 8.15. The van der Waals surface area contributed by atoms with E-state index in [0.29, 0.717) is 23.8 Å². The van der Waals surface area contributed by atoms with Gasteiger partial charge in [0.1, 0.15) is 6.10 Å². The molecule has 0 fully saturated rings. The Bertz CT molecular complexity index is 901. The van der Waals surface area contributed by atoms with Gasteiger partial charge in [-0.1, -0.05) is 41.9 Å². The predicted octanol–water partition coefficient (Wildman–Crippen LogP) is 4.18. The minimum absolute atomic E-state index is 0.0639. The number of non-ortho nitro benzene ring substituents is 1. The predicted molar refractivity (Wildman–Crippen MR) is 96.4 cm³/mol. The maximum absolute atomic E-state index is 10.7. The number of rotatable bonds is 7. The van der Waals surface area contributed by atoms with Gasteiger partial charge in [0.15, 0.2) is 5.69 Å². The first kappa shape index (κ1) is 17.7. The molecule has 0 aliphatic heterocycles. The Kier molecular flexibility index (Phi) is 5.33. The Morgan fingerprint density at radius 3 is 2.73 bits per heavy atom. The van der Waals surface area contributed by atoms with E-state index < -0.39 is 4.92 Å². The standard InChI is InChI=1S/C17H15ClN4O4/c1-11(10-19-15-8-7-13(22(23)24)9-14(15)18)25-17-16(20-26-21-17)12-5-3-2-4-6-12/h2-9,11,19H,10H2,1H3/t11-/m1/s1. The highest BCUT2D eigenvalue weighted by molar-refractivity contribution is 6.33. The van der Waals surface area contributed by atoms with E-state index in [1.54, 1.807) is 6.07 Å². The number of hydrogen-bond acceptors (Lipinski definition) is 7. The first-order valence-electron chi connectivity index (χ1n) is 7.77. The monoisotopic (exact) mass is 374 g/mol. The number of nitrogens with one attached hydrogen (secondary N) is 1. The molecule has 1 N–H and O–H groups in total. The maximum Gasteiger partial charge on any atom is 0.284 e. The first-order chi connectivity index (χ1) is 12.5. The molecule has 8 nitrogen and oxygen atoms in total. The minimum atomic E-state index is -0.496. The average molecular weight is 375 g/mol. The zero-order valence-corrected chi connectivity index (χ0v) is 14.5. The zero-order chi connectivity index (χ0) is 18.5. The molecule has 0 saturated carbocycles. The molecule has 0 unspecified atom stereocenters. The minimum Gasteiger partial charge on any atom is -0.469 e. The van der Waals surface area contributed by atoms with E-state index in [1.807, 2.05) is 37.3 Å². The van der Waals surface area contributed by atoms with Gasteiger partial charge < -0.3 is 10.1 Å². The summed E-state index contributed by atoms with van der Waals surface area (Å²) in [5.41, 5.74) is 1.87. The lowest BCUT2D eigenvalue weighted by Crippen LogP contribution is -2.23. The van der Waals surface area contributed by atoms with Crippen LogP contribution < -0.4 is 10.1 Å². The van der Waals surface area contributed by atoms with Crippen LogP contribution in [-0.2, 0) is 0 Å². The number of benzene rings is 2. The molecule has 0 aliphatic carbocycles. The van der Waals surface area contributed by atoms with Crippen LogP contribution in [0.2, 0.25) is 5.02 Å². The van der Waals surface area contributed by atoms with Crippen molar-refractivity contribution in [2.45, 2.75) is 13.0 Å². The molecule has 1 aromatic heterocycles. The molecule has 1 heterocycles. The Balaban J connectivity index is 1.63. The lowest BCUT2D eigenvalue weighted by Gasteiger charge is -2.15. The van der Waals surface area contributed by atoms with E-state index >= 15 is 0 Å². The third kappa shape index (κ3) is 4.09. The molecule has 0 bridgehead atoms. The second-order valence-corrected chi connectivity index (χ2v) is 5.92. The van der Waals surface area contributed by atoms with Gasteiger partial charge in [0.25, 0.3) is 11.6 Å². The van der Waals surface area contributed by atoms with Gasteiger partial charge in [-0.15, -0.1) is 0 Å². The lowest BCUT2D eigenvalue weighted by molar-refractivity contribution is -0.384. The molecule has 3 rings (SSSR count). The van der Waals surface area contributed by atoms with Crippen LogP contribution in [0.4, 0.5) is 11.4 Å². The van der Waals surface area contributed by atoms with Crippen molar-refractivity contribution in [1.82, 2.24) is 10.3 Å². The molecule has 0 saturated heterocycles. The maximum atomic E-state index is 10.7. The Hall–Kier alpha value is -3.13. The van der Waals surface area contributed by atoms with E-state index in [9.17, 15) is 10.1 Å². The van der Waals surface area contributed by atoms with Gasteiger partial charge >= 0.3 is 0 Å². The third-order valence-corrected chi connectivity index (χ3v) is 3.87. The Morgan fingerprint density at radius 2 is 2.04 bits per heavy atom. The summed E-state index contributed by atoms with van der Waals surface area (Å²) in [5.74, 6) is 0.292. The van der Waals surface area contributed by atoms with E-state index in [1.165, 1.54) is 12.1 Å². The van der Waals surface area contributed by atoms with Gasteiger partial charge in [0.05, 0.1) is 22.2 Å². The number of hydrogen-bond donors (Lipinski definition) is 1. The van der Waals surface area contributed by atoms with Gasteiger partial charge in [-0.05, 0) is 23.3 Å². The van der Waals surface area contributed by atoms with Crippen molar-refractivity contribution in [3.05, 3.63) is 63.7 Å². The largest absolute Gasteiger partial charge is 0.469 e. The molecular weight excluding hydrogens is 360 g/mol. The van der Waals surface area contributed by atoms with Gasteiger partial charge in [0, 0.05) is 17.7 Å². The summed E-state index contributed by atoms with van der Waals surface area (Å²) in [4.78, 5) is 10.2. The fourth-order valence-corrected chi connectivity index (χ4v) is 2.52. The van der Waals surface area contributed by atoms with E-state index in [2.05, 4.69) is 15.6 Å². The summed E-state index contributed by atoms with van der Waals surface area (Å²) >= 11 is 6.06. The molecule has 1 atom stereocenters. The number of ether oxygens (including phenoxy) is 1. The van der Waals surface area contributed by atoms with E-state index in [-0.39, 0.29) is 16.8 Å². The molecular formula is C17H15ClN4O4. The van der Waals surface area contributed by atoms with Crippen LogP contribution in [0.3, 0.4) is 0 Å². The van der Waals surface area contributed by atoms with Gasteiger partial charge in [-0.3, -0.25) is 10.1 Å². The van der Waals surface area contributed by atoms with Gasteiger partial charge in [0.2, 0.25) is 0 Å². The molecule has 0 aliphatic rings. The van der Waals surface area contributed by atoms with E-state index in [4.69, 9.17) is 21.0 Å². The fraction of sp³-hybridized carbons (Fsp3) is 0.176. The summed E-state index contributed by atoms with van der Waals surface area (Å²) in [7, 11) is 0. The second kappa shape index (κ2) is 7.83. The van der Waals surface area contributed by atoms with Crippen LogP contribution in [0.25, 0.3) is 11.3 Å². The van der Waals surface area contributed by atoms with Crippen LogP contribution in [0, 0.1) is 10.1 Å². The third-order valence-electron chi connectivity index (χ3n) is 3.56. The quantitative estimate of drug-likeness (QED) is 0.488. The number of nitro benzene ring substituents is 1. The summed E-state index contributed by atoms with van der Waals surface area (Å²) < 4.78 is 10.6. The van der Waals surface area contributed by atoms with Crippen LogP contribution in [0.15, 0.2) is 53.2 Å². The van der Waals surface area contributed by atoms with Crippen LogP contribution in [0.5, 0.6) is 5.88 Å². The van der Waals surface area contributed by atoms with Crippen molar-refractivity contribution >= 4 is 23.0 Å². The Morgan fingerprint density at radius 1 is 1.27 bits per heavy atom. The van der Waals surface area contributed by atoms with Crippen molar-refractivity contribution < 1.29 is 14.3 Å². The van der Waals surface area contributed by atoms with Crippen molar-refractivity contribution in [1.29, 1.82) is 0 Å². The smallest absolute Gasteiger partial charge is 0.284 e. The van der Waals surface area contributed by atoms with Crippen LogP contribution >= 0.6 is 11.6 Å². The van der Waals surface area contributed by atoms with Crippen molar-refractivity contribution in [3.8, 4) is 17.1 Å². The number of halogens is 1. The normalized spacial score (nSPS) is 11.8. The highest BCUT2D eigenvalue weighted by atomic mass is 35.5. The summed E-state index contributed by atoms with van der Waals surface area (Å²) in [5, 5.41) is 21.8. The molecule has 9 heteroatoms. The molecule has 0 spiro atoms. The summed E-state index contributed by atoms with van der Waals surface area (Å²) in [6.07, 6.45) is -0.282. The average Bonchev–Trinajstić information content (AvgIpc) is 3.09. The topological polar surface area (TPSA) is 103 Å². The summed E-state index contributed by atoms with van der Waals surface area (Å²) in [6.45, 7) is 2.24. The Labute approximate surface area is 153 Å². The fourth-order valence-electron chi connectivity index (χ4n) is 2.28. The number of nitro groups is 1. The van der Waals surface area contributed by atoms with Crippen molar-refractivity contribution in [2.24, 2.45) is 0 Å². The lowest BCUT2D eigenvalue weighted by atomic mass is 10.2. The highest BCUT2D eigenvalue weighted by Gasteiger charge is 2.17. The van der Waals surface area contributed by atoms with Gasteiger partial charge in [-0.2, -0.15) is 0 Å². The number of anilines is 1. The van der Waals surface area contributed by atoms with Crippen molar-refractivity contribution in [3.63, 3.8) is 0 Å². The zero-order valence-electron chi connectivity index (χ0n) is 13.8. The SMILES string of the molecule is C[C@H](CNc1ccc([N+](=O)[O-])cc1Cl)Oc1nonc1-c1ccccc1. The summed E-state index contributed by atoms with van der Waals surface area (Å²) in [6, 6.07) is 13.7. The van der Waals surface area contributed by atoms with Gasteiger partial charge in [-0.25, -0.2) is 4.63 Å². The molecule has 2 aromatic carbocycles. The molecule has 134 valence electrons. The number of aromatic nitrogens is 2. The highest BCUT2D eigenvalue weighted by Crippen LogP contribution is 2.28. The molecule has 0 radical (unpaired) electrons. The van der Waals surface area contributed by atoms with E-state index in [0.717, 1.165) is 5.56 Å². The number of nitrogens with zero attached hydrogens (tertiary/aromatic N) is 3. The molecule has 26 heavy (non-hydrogen) atoms. The van der Waals surface area contributed by atoms with Crippen molar-refractivity contribution in [2.75, 3.05) is 11.9 Å².